The summed E-state index contributed by atoms with van der Waals surface area (Å²) in [4.78, 5) is 20.7. The molecule has 182 valence electrons. The first kappa shape index (κ1) is 23.3. The zero-order chi connectivity index (χ0) is 24.2. The number of hydrogen-bond acceptors (Lipinski definition) is 6. The van der Waals surface area contributed by atoms with E-state index >= 15 is 0 Å². The van der Waals surface area contributed by atoms with E-state index in [0.29, 0.717) is 36.8 Å². The van der Waals surface area contributed by atoms with Gasteiger partial charge in [-0.05, 0) is 41.8 Å². The van der Waals surface area contributed by atoms with Gasteiger partial charge in [0.15, 0.2) is 0 Å². The van der Waals surface area contributed by atoms with Crippen LogP contribution < -0.4 is 9.47 Å². The average Bonchev–Trinajstić information content (AvgIpc) is 3.02. The summed E-state index contributed by atoms with van der Waals surface area (Å²) in [7, 11) is 0. The largest absolute Gasteiger partial charge is 0.491 e. The van der Waals surface area contributed by atoms with Crippen LogP contribution in [0.25, 0.3) is 0 Å². The smallest absolute Gasteiger partial charge is 0.257 e. The zero-order valence-corrected chi connectivity index (χ0v) is 19.4. The van der Waals surface area contributed by atoms with Gasteiger partial charge >= 0.3 is 0 Å². The Kier molecular flexibility index (Phi) is 6.92. The minimum Gasteiger partial charge on any atom is -0.491 e. The topological polar surface area (TPSA) is 75.1 Å². The van der Waals surface area contributed by atoms with Gasteiger partial charge in [-0.1, -0.05) is 24.3 Å². The summed E-state index contributed by atoms with van der Waals surface area (Å²) in [6.45, 7) is 3.40. The van der Waals surface area contributed by atoms with Crippen LogP contribution in [0.1, 0.15) is 27.0 Å². The molecule has 0 saturated carbocycles. The fraction of sp³-hybridized carbons (Fsp3) is 0.333. The maximum absolute atomic E-state index is 13.2. The van der Waals surface area contributed by atoms with Crippen LogP contribution in [0, 0.1) is 5.95 Å². The fourth-order valence-corrected chi connectivity index (χ4v) is 4.58. The first-order valence-corrected chi connectivity index (χ1v) is 11.8. The minimum absolute atomic E-state index is 0.171. The lowest BCUT2D eigenvalue weighted by atomic mass is 10.00. The van der Waals surface area contributed by atoms with Crippen molar-refractivity contribution in [3.8, 4) is 11.5 Å². The minimum atomic E-state index is -0.655. The van der Waals surface area contributed by atoms with Gasteiger partial charge in [0.05, 0.1) is 18.2 Å². The van der Waals surface area contributed by atoms with Crippen LogP contribution in [0.5, 0.6) is 11.5 Å². The van der Waals surface area contributed by atoms with Crippen molar-refractivity contribution in [1.82, 2.24) is 14.8 Å². The van der Waals surface area contributed by atoms with E-state index in [0.717, 1.165) is 25.1 Å². The summed E-state index contributed by atoms with van der Waals surface area (Å²) >= 11 is 0. The van der Waals surface area contributed by atoms with Crippen molar-refractivity contribution >= 4 is 5.91 Å². The summed E-state index contributed by atoms with van der Waals surface area (Å²) < 4.78 is 24.6. The number of carbonyl (C=O) groups excluding carboxylic acids is 1. The zero-order valence-electron chi connectivity index (χ0n) is 19.4. The molecule has 0 radical (unpaired) electrons. The van der Waals surface area contributed by atoms with E-state index < -0.39 is 12.1 Å². The van der Waals surface area contributed by atoms with E-state index in [1.165, 1.54) is 23.4 Å². The molecule has 1 amide bonds. The molecule has 8 heteroatoms. The van der Waals surface area contributed by atoms with Gasteiger partial charge in [-0.25, -0.2) is 4.98 Å². The van der Waals surface area contributed by atoms with Crippen molar-refractivity contribution in [3.63, 3.8) is 0 Å². The molecule has 0 spiro atoms. The van der Waals surface area contributed by atoms with Crippen molar-refractivity contribution in [2.24, 2.45) is 0 Å². The highest BCUT2D eigenvalue weighted by Crippen LogP contribution is 2.29. The third-order valence-corrected chi connectivity index (χ3v) is 6.39. The predicted octanol–water partition coefficient (Wildman–Crippen LogP) is 3.05. The molecule has 1 atom stereocenters. The number of halogens is 1. The van der Waals surface area contributed by atoms with Crippen molar-refractivity contribution in [1.29, 1.82) is 0 Å². The Hall–Kier alpha value is -3.49. The molecular weight excluding hydrogens is 449 g/mol. The summed E-state index contributed by atoms with van der Waals surface area (Å²) in [5, 5.41) is 10.8. The first-order chi connectivity index (χ1) is 17.0. The molecule has 3 aromatic rings. The molecule has 1 aromatic heterocycles. The monoisotopic (exact) mass is 477 g/mol. The maximum atomic E-state index is 13.2. The van der Waals surface area contributed by atoms with E-state index in [1.807, 2.05) is 6.07 Å². The molecule has 7 nitrogen and oxygen atoms in total. The molecule has 2 aromatic carbocycles. The van der Waals surface area contributed by atoms with Crippen molar-refractivity contribution in [2.45, 2.75) is 25.7 Å². The molecular formula is C27H28FN3O4. The number of aromatic nitrogens is 1. The van der Waals surface area contributed by atoms with Gasteiger partial charge in [-0.3, -0.25) is 9.69 Å². The molecule has 0 bridgehead atoms. The van der Waals surface area contributed by atoms with Crippen LogP contribution in [-0.4, -0.2) is 64.7 Å². The van der Waals surface area contributed by atoms with Crippen LogP contribution in [0.4, 0.5) is 4.39 Å². The van der Waals surface area contributed by atoms with E-state index in [1.54, 1.807) is 29.2 Å². The first-order valence-electron chi connectivity index (χ1n) is 11.8. The van der Waals surface area contributed by atoms with Crippen LogP contribution >= 0.6 is 0 Å². The number of aliphatic hydroxyl groups is 1. The summed E-state index contributed by atoms with van der Waals surface area (Å²) in [5.74, 6) is 0.283. The number of fused-ring (bicyclic) bond motifs is 2. The lowest BCUT2D eigenvalue weighted by Gasteiger charge is -2.32. The molecule has 5 rings (SSSR count). The number of pyridine rings is 1. The van der Waals surface area contributed by atoms with Gasteiger partial charge in [-0.15, -0.1) is 0 Å². The summed E-state index contributed by atoms with van der Waals surface area (Å²) in [6, 6.07) is 16.4. The maximum Gasteiger partial charge on any atom is 0.257 e. The Morgan fingerprint density at radius 2 is 1.94 bits per heavy atom. The second-order valence-electron chi connectivity index (χ2n) is 8.94. The van der Waals surface area contributed by atoms with Gasteiger partial charge in [0, 0.05) is 44.0 Å². The highest BCUT2D eigenvalue weighted by Gasteiger charge is 2.27. The highest BCUT2D eigenvalue weighted by molar-refractivity contribution is 5.97. The Labute approximate surface area is 203 Å². The van der Waals surface area contributed by atoms with Crippen molar-refractivity contribution in [3.05, 3.63) is 89.0 Å². The number of ether oxygens (including phenoxy) is 2. The third-order valence-electron chi connectivity index (χ3n) is 6.39. The molecule has 3 heterocycles. The lowest BCUT2D eigenvalue weighted by Crippen LogP contribution is -2.44. The van der Waals surface area contributed by atoms with Gasteiger partial charge in [0.1, 0.15) is 24.7 Å². The molecule has 0 saturated heterocycles. The molecule has 35 heavy (non-hydrogen) atoms. The highest BCUT2D eigenvalue weighted by atomic mass is 19.1. The van der Waals surface area contributed by atoms with Crippen molar-refractivity contribution < 1.29 is 23.8 Å². The predicted molar refractivity (Wildman–Crippen MR) is 128 cm³/mol. The Morgan fingerprint density at radius 1 is 1.09 bits per heavy atom. The second-order valence-corrected chi connectivity index (χ2v) is 8.94. The number of amides is 1. The Morgan fingerprint density at radius 3 is 2.77 bits per heavy atom. The Balaban J connectivity index is 1.18. The number of hydrogen-bond donors (Lipinski definition) is 1. The van der Waals surface area contributed by atoms with Gasteiger partial charge in [-0.2, -0.15) is 4.39 Å². The molecule has 2 aliphatic heterocycles. The summed E-state index contributed by atoms with van der Waals surface area (Å²) in [5.41, 5.74) is 3.84. The van der Waals surface area contributed by atoms with E-state index in [9.17, 15) is 14.3 Å². The number of nitrogens with zero attached hydrogens (tertiary/aromatic N) is 3. The Bertz CT molecular complexity index is 1190. The molecule has 0 unspecified atom stereocenters. The molecule has 2 aliphatic rings. The molecule has 0 fully saturated rings. The van der Waals surface area contributed by atoms with Gasteiger partial charge < -0.3 is 19.5 Å². The van der Waals surface area contributed by atoms with Crippen LogP contribution in [0.15, 0.2) is 60.8 Å². The quantitative estimate of drug-likeness (QED) is 0.528. The number of aliphatic hydroxyl groups excluding tert-OH is 1. The van der Waals surface area contributed by atoms with Gasteiger partial charge in [0.2, 0.25) is 5.95 Å². The van der Waals surface area contributed by atoms with Gasteiger partial charge in [0.25, 0.3) is 5.91 Å². The van der Waals surface area contributed by atoms with E-state index in [2.05, 4.69) is 28.1 Å². The van der Waals surface area contributed by atoms with Crippen LogP contribution in [0.3, 0.4) is 0 Å². The number of benzene rings is 2. The lowest BCUT2D eigenvalue weighted by molar-refractivity contribution is 0.0501. The normalized spacial score (nSPS) is 16.6. The molecule has 1 N–H and O–H groups in total. The SMILES string of the molecule is O=C1c2ccc(OCc3ccc(F)nc3)cc2OCCN1C[C@H](O)CN1CCc2ccccc2C1. The van der Waals surface area contributed by atoms with E-state index in [-0.39, 0.29) is 19.1 Å². The average molecular weight is 478 g/mol. The number of β-amino-alcohol motifs (C(OH)–C–C–N with tert-alkyl or cyclic N) is 1. The third kappa shape index (κ3) is 5.61. The summed E-state index contributed by atoms with van der Waals surface area (Å²) in [6.07, 6.45) is 1.73. The fourth-order valence-electron chi connectivity index (χ4n) is 4.58. The van der Waals surface area contributed by atoms with E-state index in [4.69, 9.17) is 9.47 Å². The standard InChI is InChI=1S/C27H28FN3O4/c28-26-8-5-19(14-29-26)18-35-23-6-7-24-25(13-23)34-12-11-31(27(24)33)17-22(32)16-30-10-9-20-3-1-2-4-21(20)15-30/h1-8,13-14,22,32H,9-12,15-18H2/t22-/m1/s1. The number of rotatable bonds is 7. The van der Waals surface area contributed by atoms with Crippen LogP contribution in [-0.2, 0) is 19.6 Å². The van der Waals surface area contributed by atoms with Crippen LogP contribution in [0.2, 0.25) is 0 Å². The van der Waals surface area contributed by atoms with Crippen molar-refractivity contribution in [2.75, 3.05) is 32.8 Å². The number of carbonyl (C=O) groups is 1. The second kappa shape index (κ2) is 10.4. The molecule has 0 aliphatic carbocycles.